The first kappa shape index (κ1) is 23.0. The summed E-state index contributed by atoms with van der Waals surface area (Å²) in [7, 11) is 4.72. The lowest BCUT2D eigenvalue weighted by molar-refractivity contribution is -0.137. The van der Waals surface area contributed by atoms with Gasteiger partial charge < -0.3 is 18.8 Å². The third kappa shape index (κ3) is 4.53. The second-order valence-electron chi connectivity index (χ2n) is 7.97. The van der Waals surface area contributed by atoms with E-state index in [4.69, 9.17) is 14.2 Å². The first-order valence-corrected chi connectivity index (χ1v) is 10.7. The Bertz CT molecular complexity index is 1090. The van der Waals surface area contributed by atoms with E-state index in [1.807, 2.05) is 30.5 Å². The smallest absolute Gasteiger partial charge is 0.416 e. The fourth-order valence-corrected chi connectivity index (χ4v) is 4.55. The van der Waals surface area contributed by atoms with Crippen LogP contribution in [0.1, 0.15) is 34.8 Å². The highest BCUT2D eigenvalue weighted by Gasteiger charge is 2.32. The Kier molecular flexibility index (Phi) is 6.56. The maximum absolute atomic E-state index is 13.1. The molecular formula is C25H27F3N2O3. The molecule has 0 aliphatic carbocycles. The Labute approximate surface area is 191 Å². The van der Waals surface area contributed by atoms with E-state index in [1.165, 1.54) is 0 Å². The number of fused-ring (bicyclic) bond motifs is 1. The van der Waals surface area contributed by atoms with Crippen molar-refractivity contribution < 1.29 is 27.4 Å². The van der Waals surface area contributed by atoms with E-state index < -0.39 is 11.7 Å². The molecule has 0 saturated carbocycles. The van der Waals surface area contributed by atoms with Crippen molar-refractivity contribution in [3.63, 3.8) is 0 Å². The molecule has 0 radical (unpaired) electrons. The zero-order chi connectivity index (χ0) is 23.6. The van der Waals surface area contributed by atoms with Gasteiger partial charge >= 0.3 is 6.18 Å². The van der Waals surface area contributed by atoms with Crippen LogP contribution in [0.3, 0.4) is 0 Å². The van der Waals surface area contributed by atoms with Gasteiger partial charge in [-0.3, -0.25) is 4.90 Å². The van der Waals surface area contributed by atoms with Crippen LogP contribution in [0.25, 0.3) is 0 Å². The van der Waals surface area contributed by atoms with Gasteiger partial charge in [0.25, 0.3) is 0 Å². The molecule has 1 aromatic heterocycles. The van der Waals surface area contributed by atoms with Crippen molar-refractivity contribution in [2.45, 2.75) is 31.7 Å². The highest BCUT2D eigenvalue weighted by atomic mass is 19.4. The van der Waals surface area contributed by atoms with E-state index in [-0.39, 0.29) is 6.04 Å². The number of ether oxygens (including phenoxy) is 3. The molecule has 176 valence electrons. The van der Waals surface area contributed by atoms with Gasteiger partial charge in [0.2, 0.25) is 5.75 Å². The maximum atomic E-state index is 13.1. The third-order valence-corrected chi connectivity index (χ3v) is 6.07. The molecular weight excluding hydrogens is 433 g/mol. The van der Waals surface area contributed by atoms with Crippen molar-refractivity contribution in [2.24, 2.45) is 0 Å². The molecule has 3 aromatic rings. The predicted octanol–water partition coefficient (Wildman–Crippen LogP) is 5.53. The summed E-state index contributed by atoms with van der Waals surface area (Å²) in [6.45, 7) is 2.14. The second kappa shape index (κ2) is 9.39. The van der Waals surface area contributed by atoms with Crippen molar-refractivity contribution in [3.05, 3.63) is 77.1 Å². The topological polar surface area (TPSA) is 35.9 Å². The van der Waals surface area contributed by atoms with Gasteiger partial charge in [0, 0.05) is 37.1 Å². The Morgan fingerprint density at radius 3 is 2.24 bits per heavy atom. The molecule has 0 saturated heterocycles. The number of hydrogen-bond donors (Lipinski definition) is 0. The Hall–Kier alpha value is -3.13. The molecule has 8 heteroatoms. The van der Waals surface area contributed by atoms with Crippen LogP contribution in [0.2, 0.25) is 0 Å². The van der Waals surface area contributed by atoms with Gasteiger partial charge in [-0.15, -0.1) is 0 Å². The predicted molar refractivity (Wildman–Crippen MR) is 119 cm³/mol. The number of hydrogen-bond acceptors (Lipinski definition) is 4. The van der Waals surface area contributed by atoms with Gasteiger partial charge in [-0.2, -0.15) is 13.2 Å². The third-order valence-electron chi connectivity index (χ3n) is 6.07. The van der Waals surface area contributed by atoms with Crippen molar-refractivity contribution in [2.75, 3.05) is 27.9 Å². The molecule has 0 amide bonds. The van der Waals surface area contributed by atoms with Crippen molar-refractivity contribution in [1.29, 1.82) is 0 Å². The standard InChI is InChI=1S/C25H27F3N2O3/c1-31-21-12-9-18(23(32-2)24(21)33-3)16-30-15-5-14-29-13-4-6-20(29)22(30)17-7-10-19(11-8-17)25(26,27)28/h4,6-13,22H,5,14-16H2,1-3H3/t22-/m0/s1. The summed E-state index contributed by atoms with van der Waals surface area (Å²) >= 11 is 0. The summed E-state index contributed by atoms with van der Waals surface area (Å²) in [5.41, 5.74) is 2.12. The van der Waals surface area contributed by atoms with E-state index in [2.05, 4.69) is 9.47 Å². The second-order valence-corrected chi connectivity index (χ2v) is 7.97. The zero-order valence-corrected chi connectivity index (χ0v) is 18.9. The molecule has 33 heavy (non-hydrogen) atoms. The van der Waals surface area contributed by atoms with Gasteiger partial charge in [0.1, 0.15) is 0 Å². The summed E-state index contributed by atoms with van der Waals surface area (Å²) in [5, 5.41) is 0. The summed E-state index contributed by atoms with van der Waals surface area (Å²) in [4.78, 5) is 2.27. The molecule has 4 rings (SSSR count). The SMILES string of the molecule is COc1ccc(CN2CCCn3cccc3[C@@H]2c2ccc(C(F)(F)F)cc2)c(OC)c1OC. The number of aromatic nitrogens is 1. The van der Waals surface area contributed by atoms with E-state index >= 15 is 0 Å². The fourth-order valence-electron chi connectivity index (χ4n) is 4.55. The Balaban J connectivity index is 1.75. The molecule has 0 bridgehead atoms. The van der Waals surface area contributed by atoms with E-state index in [0.29, 0.717) is 23.8 Å². The number of benzene rings is 2. The van der Waals surface area contributed by atoms with E-state index in [1.54, 1.807) is 33.5 Å². The van der Waals surface area contributed by atoms with Crippen LogP contribution in [0.4, 0.5) is 13.2 Å². The highest BCUT2D eigenvalue weighted by molar-refractivity contribution is 5.55. The Morgan fingerprint density at radius 2 is 1.61 bits per heavy atom. The lowest BCUT2D eigenvalue weighted by Crippen LogP contribution is -2.29. The summed E-state index contributed by atoms with van der Waals surface area (Å²) in [6, 6.07) is 13.1. The number of methoxy groups -OCH3 is 3. The van der Waals surface area contributed by atoms with Crippen LogP contribution in [0.5, 0.6) is 17.2 Å². The minimum absolute atomic E-state index is 0.206. The van der Waals surface area contributed by atoms with Crippen LogP contribution in [0, 0.1) is 0 Å². The number of rotatable bonds is 6. The van der Waals surface area contributed by atoms with Crippen LogP contribution in [-0.4, -0.2) is 37.3 Å². The number of nitrogens with zero attached hydrogens (tertiary/aromatic N) is 2. The molecule has 1 atom stereocenters. The monoisotopic (exact) mass is 460 g/mol. The van der Waals surface area contributed by atoms with Gasteiger partial charge in [0.05, 0.1) is 32.9 Å². The molecule has 0 N–H and O–H groups in total. The van der Waals surface area contributed by atoms with Crippen LogP contribution in [-0.2, 0) is 19.3 Å². The number of alkyl halides is 3. The lowest BCUT2D eigenvalue weighted by atomic mass is 9.99. The fraction of sp³-hybridized carbons (Fsp3) is 0.360. The molecule has 5 nitrogen and oxygen atoms in total. The van der Waals surface area contributed by atoms with Crippen molar-refractivity contribution in [1.82, 2.24) is 9.47 Å². The van der Waals surface area contributed by atoms with E-state index in [9.17, 15) is 13.2 Å². The summed E-state index contributed by atoms with van der Waals surface area (Å²) in [6.07, 6.45) is -1.43. The molecule has 1 aliphatic heterocycles. The zero-order valence-electron chi connectivity index (χ0n) is 18.9. The van der Waals surface area contributed by atoms with Crippen molar-refractivity contribution >= 4 is 0 Å². The maximum Gasteiger partial charge on any atom is 0.416 e. The highest BCUT2D eigenvalue weighted by Crippen LogP contribution is 2.42. The largest absolute Gasteiger partial charge is 0.493 e. The summed E-state index contributed by atoms with van der Waals surface area (Å²) < 4.78 is 58.2. The molecule has 0 fully saturated rings. The molecule has 2 aromatic carbocycles. The van der Waals surface area contributed by atoms with E-state index in [0.717, 1.165) is 48.5 Å². The first-order chi connectivity index (χ1) is 15.9. The minimum Gasteiger partial charge on any atom is -0.493 e. The van der Waals surface area contributed by atoms with Gasteiger partial charge in [-0.05, 0) is 42.3 Å². The molecule has 1 aliphatic rings. The average Bonchev–Trinajstić information content (AvgIpc) is 3.19. The normalized spacial score (nSPS) is 16.7. The number of halogens is 3. The molecule has 0 spiro atoms. The molecule has 0 unspecified atom stereocenters. The average molecular weight is 460 g/mol. The lowest BCUT2D eigenvalue weighted by Gasteiger charge is -2.31. The summed E-state index contributed by atoms with van der Waals surface area (Å²) in [5.74, 6) is 1.67. The minimum atomic E-state index is -4.37. The van der Waals surface area contributed by atoms with Crippen LogP contribution in [0.15, 0.2) is 54.7 Å². The Morgan fingerprint density at radius 1 is 0.879 bits per heavy atom. The van der Waals surface area contributed by atoms with Gasteiger partial charge in [-0.1, -0.05) is 18.2 Å². The quantitative estimate of drug-likeness (QED) is 0.485. The number of aryl methyl sites for hydroxylation is 1. The molecule has 2 heterocycles. The van der Waals surface area contributed by atoms with Crippen molar-refractivity contribution in [3.8, 4) is 17.2 Å². The van der Waals surface area contributed by atoms with Crippen LogP contribution < -0.4 is 14.2 Å². The first-order valence-electron chi connectivity index (χ1n) is 10.7. The van der Waals surface area contributed by atoms with Gasteiger partial charge in [-0.25, -0.2) is 0 Å². The van der Waals surface area contributed by atoms with Gasteiger partial charge in [0.15, 0.2) is 11.5 Å². The van der Waals surface area contributed by atoms with Crippen LogP contribution >= 0.6 is 0 Å².